The summed E-state index contributed by atoms with van der Waals surface area (Å²) in [5, 5.41) is 3.40. The molecule has 1 N–H and O–H groups in total. The highest BCUT2D eigenvalue weighted by Crippen LogP contribution is 2.34. The van der Waals surface area contributed by atoms with Gasteiger partial charge in [-0.2, -0.15) is 0 Å². The molecular formula is C16H27N3. The summed E-state index contributed by atoms with van der Waals surface area (Å²) in [5.74, 6) is 0.919. The SMILES string of the molecule is CCCNCc1ccc(CN(C)C(C)C2CC2)nc1. The van der Waals surface area contributed by atoms with Crippen molar-refractivity contribution in [2.24, 2.45) is 5.92 Å². The summed E-state index contributed by atoms with van der Waals surface area (Å²) in [6, 6.07) is 5.05. The van der Waals surface area contributed by atoms with Crippen molar-refractivity contribution in [1.82, 2.24) is 15.2 Å². The van der Waals surface area contributed by atoms with E-state index in [1.54, 1.807) is 0 Å². The normalized spacial score (nSPS) is 16.8. The average molecular weight is 261 g/mol. The molecule has 106 valence electrons. The minimum absolute atomic E-state index is 0.688. The van der Waals surface area contributed by atoms with Gasteiger partial charge in [0.2, 0.25) is 0 Å². The maximum Gasteiger partial charge on any atom is 0.0544 e. The summed E-state index contributed by atoms with van der Waals surface area (Å²) >= 11 is 0. The first kappa shape index (κ1) is 14.5. The van der Waals surface area contributed by atoms with Crippen molar-refractivity contribution < 1.29 is 0 Å². The third kappa shape index (κ3) is 4.59. The molecular weight excluding hydrogens is 234 g/mol. The number of hydrogen-bond acceptors (Lipinski definition) is 3. The van der Waals surface area contributed by atoms with Gasteiger partial charge in [-0.1, -0.05) is 13.0 Å². The van der Waals surface area contributed by atoms with Crippen LogP contribution in [0.3, 0.4) is 0 Å². The van der Waals surface area contributed by atoms with E-state index < -0.39 is 0 Å². The first-order valence-electron chi connectivity index (χ1n) is 7.55. The Bertz CT molecular complexity index is 370. The lowest BCUT2D eigenvalue weighted by molar-refractivity contribution is 0.224. The van der Waals surface area contributed by atoms with Gasteiger partial charge in [0.15, 0.2) is 0 Å². The molecule has 0 saturated heterocycles. The zero-order valence-electron chi connectivity index (χ0n) is 12.5. The van der Waals surface area contributed by atoms with E-state index in [1.165, 1.54) is 30.5 Å². The van der Waals surface area contributed by atoms with E-state index in [9.17, 15) is 0 Å². The molecule has 1 fully saturated rings. The van der Waals surface area contributed by atoms with Crippen LogP contribution in [-0.2, 0) is 13.1 Å². The number of aromatic nitrogens is 1. The summed E-state index contributed by atoms with van der Waals surface area (Å²) in [6.45, 7) is 7.48. The number of nitrogens with one attached hydrogen (secondary N) is 1. The molecule has 0 aromatic carbocycles. The maximum atomic E-state index is 4.58. The standard InChI is InChI=1S/C16H27N3/c1-4-9-17-10-14-5-8-16(18-11-14)12-19(3)13(2)15-6-7-15/h5,8,11,13,15,17H,4,6-7,9-10,12H2,1-3H3. The molecule has 1 aromatic heterocycles. The Labute approximate surface area is 117 Å². The van der Waals surface area contributed by atoms with Crippen LogP contribution in [0.1, 0.15) is 44.4 Å². The second-order valence-electron chi connectivity index (χ2n) is 5.83. The number of rotatable bonds is 8. The first-order valence-corrected chi connectivity index (χ1v) is 7.55. The van der Waals surface area contributed by atoms with Crippen LogP contribution in [0.4, 0.5) is 0 Å². The van der Waals surface area contributed by atoms with Crippen molar-refractivity contribution in [2.45, 2.75) is 52.2 Å². The Kier molecular flexibility index (Phi) is 5.34. The van der Waals surface area contributed by atoms with E-state index in [0.717, 1.165) is 25.6 Å². The largest absolute Gasteiger partial charge is 0.313 e. The van der Waals surface area contributed by atoms with Crippen LogP contribution in [0.5, 0.6) is 0 Å². The van der Waals surface area contributed by atoms with Crippen LogP contribution in [-0.4, -0.2) is 29.5 Å². The zero-order valence-corrected chi connectivity index (χ0v) is 12.5. The molecule has 2 rings (SSSR count). The highest BCUT2D eigenvalue weighted by atomic mass is 15.1. The van der Waals surface area contributed by atoms with Crippen molar-refractivity contribution in [2.75, 3.05) is 13.6 Å². The summed E-state index contributed by atoms with van der Waals surface area (Å²) in [4.78, 5) is 7.00. The summed E-state index contributed by atoms with van der Waals surface area (Å²) in [6.07, 6.45) is 5.99. The van der Waals surface area contributed by atoms with Crippen LogP contribution >= 0.6 is 0 Å². The summed E-state index contributed by atoms with van der Waals surface area (Å²) < 4.78 is 0. The Morgan fingerprint density at radius 2 is 2.21 bits per heavy atom. The van der Waals surface area contributed by atoms with Crippen LogP contribution in [0.2, 0.25) is 0 Å². The van der Waals surface area contributed by atoms with Gasteiger partial charge >= 0.3 is 0 Å². The van der Waals surface area contributed by atoms with E-state index >= 15 is 0 Å². The van der Waals surface area contributed by atoms with Crippen LogP contribution in [0, 0.1) is 5.92 Å². The van der Waals surface area contributed by atoms with Gasteiger partial charge in [0.25, 0.3) is 0 Å². The van der Waals surface area contributed by atoms with E-state index in [4.69, 9.17) is 0 Å². The minimum atomic E-state index is 0.688. The second-order valence-corrected chi connectivity index (χ2v) is 5.83. The average Bonchev–Trinajstić information content (AvgIpc) is 3.24. The van der Waals surface area contributed by atoms with Gasteiger partial charge in [0.1, 0.15) is 0 Å². The molecule has 0 radical (unpaired) electrons. The van der Waals surface area contributed by atoms with Crippen molar-refractivity contribution in [3.05, 3.63) is 29.6 Å². The summed E-state index contributed by atoms with van der Waals surface area (Å²) in [5.41, 5.74) is 2.45. The number of hydrogen-bond donors (Lipinski definition) is 1. The van der Waals surface area contributed by atoms with E-state index in [0.29, 0.717) is 6.04 Å². The lowest BCUT2D eigenvalue weighted by Crippen LogP contribution is -2.30. The van der Waals surface area contributed by atoms with E-state index in [1.807, 2.05) is 6.20 Å². The Balaban J connectivity index is 1.80. The van der Waals surface area contributed by atoms with E-state index in [-0.39, 0.29) is 0 Å². The Morgan fingerprint density at radius 1 is 1.42 bits per heavy atom. The Hall–Kier alpha value is -0.930. The molecule has 1 unspecified atom stereocenters. The molecule has 1 saturated carbocycles. The number of nitrogens with zero attached hydrogens (tertiary/aromatic N) is 2. The summed E-state index contributed by atoms with van der Waals surface area (Å²) in [7, 11) is 2.21. The minimum Gasteiger partial charge on any atom is -0.313 e. The van der Waals surface area contributed by atoms with Gasteiger partial charge in [-0.25, -0.2) is 0 Å². The smallest absolute Gasteiger partial charge is 0.0544 e. The molecule has 0 aliphatic heterocycles. The molecule has 1 heterocycles. The van der Waals surface area contributed by atoms with Gasteiger partial charge in [-0.3, -0.25) is 9.88 Å². The third-order valence-electron chi connectivity index (χ3n) is 4.05. The van der Waals surface area contributed by atoms with Gasteiger partial charge in [-0.15, -0.1) is 0 Å². The monoisotopic (exact) mass is 261 g/mol. The van der Waals surface area contributed by atoms with Crippen molar-refractivity contribution >= 4 is 0 Å². The molecule has 1 atom stereocenters. The van der Waals surface area contributed by atoms with Crippen molar-refractivity contribution in [1.29, 1.82) is 0 Å². The number of pyridine rings is 1. The zero-order chi connectivity index (χ0) is 13.7. The van der Waals surface area contributed by atoms with Gasteiger partial charge in [0.05, 0.1) is 5.69 Å². The molecule has 1 aliphatic carbocycles. The van der Waals surface area contributed by atoms with Gasteiger partial charge in [-0.05, 0) is 57.3 Å². The van der Waals surface area contributed by atoms with Gasteiger partial charge < -0.3 is 5.32 Å². The quantitative estimate of drug-likeness (QED) is 0.729. The molecule has 0 bridgehead atoms. The second kappa shape index (κ2) is 7.01. The fourth-order valence-electron chi connectivity index (χ4n) is 2.40. The van der Waals surface area contributed by atoms with Crippen LogP contribution in [0.25, 0.3) is 0 Å². The van der Waals surface area contributed by atoms with Crippen molar-refractivity contribution in [3.63, 3.8) is 0 Å². The fraction of sp³-hybridized carbons (Fsp3) is 0.688. The lowest BCUT2D eigenvalue weighted by atomic mass is 10.2. The molecule has 19 heavy (non-hydrogen) atoms. The lowest BCUT2D eigenvalue weighted by Gasteiger charge is -2.24. The first-order chi connectivity index (χ1) is 9.20. The molecule has 0 amide bonds. The topological polar surface area (TPSA) is 28.2 Å². The Morgan fingerprint density at radius 3 is 2.79 bits per heavy atom. The third-order valence-corrected chi connectivity index (χ3v) is 4.05. The van der Waals surface area contributed by atoms with Crippen LogP contribution < -0.4 is 5.32 Å². The highest BCUT2D eigenvalue weighted by Gasteiger charge is 2.30. The molecule has 1 aromatic rings. The fourth-order valence-corrected chi connectivity index (χ4v) is 2.40. The van der Waals surface area contributed by atoms with E-state index in [2.05, 4.69) is 48.2 Å². The maximum absolute atomic E-state index is 4.58. The van der Waals surface area contributed by atoms with Crippen molar-refractivity contribution in [3.8, 4) is 0 Å². The molecule has 1 aliphatic rings. The molecule has 3 heteroatoms. The molecule has 0 spiro atoms. The van der Waals surface area contributed by atoms with Gasteiger partial charge in [0, 0.05) is 25.3 Å². The predicted molar refractivity (Wildman–Crippen MR) is 79.9 cm³/mol. The van der Waals surface area contributed by atoms with Crippen LogP contribution in [0.15, 0.2) is 18.3 Å². The predicted octanol–water partition coefficient (Wildman–Crippen LogP) is 2.81. The molecule has 3 nitrogen and oxygen atoms in total. The highest BCUT2D eigenvalue weighted by molar-refractivity contribution is 5.14.